The van der Waals surface area contributed by atoms with Gasteiger partial charge in [0.05, 0.1) is 0 Å². The smallest absolute Gasteiger partial charge is 0 e. The molecular formula is C16H27PPd. The molecule has 0 spiro atoms. The summed E-state index contributed by atoms with van der Waals surface area (Å²) in [4.78, 5) is 0. The molecule has 0 saturated carbocycles. The molecule has 1 aromatic rings. The topological polar surface area (TPSA) is 0 Å². The van der Waals surface area contributed by atoms with Crippen LogP contribution in [0.4, 0.5) is 0 Å². The van der Waals surface area contributed by atoms with Crippen LogP contribution < -0.4 is 5.30 Å². The third kappa shape index (κ3) is 3.66. The minimum atomic E-state index is 0. The first-order chi connectivity index (χ1) is 7.46. The Hall–Kier alpha value is 0.312. The number of rotatable bonds is 0. The maximum Gasteiger partial charge on any atom is 0 e. The first-order valence-electron chi connectivity index (χ1n) is 6.37. The van der Waals surface area contributed by atoms with Gasteiger partial charge in [0, 0.05) is 20.4 Å². The van der Waals surface area contributed by atoms with Crippen LogP contribution >= 0.6 is 9.24 Å². The summed E-state index contributed by atoms with van der Waals surface area (Å²) in [6.07, 6.45) is 0. The second-order valence-corrected chi connectivity index (χ2v) is 7.75. The van der Waals surface area contributed by atoms with E-state index in [1.54, 1.807) is 0 Å². The van der Waals surface area contributed by atoms with E-state index in [4.69, 9.17) is 0 Å². The van der Waals surface area contributed by atoms with Crippen molar-refractivity contribution < 1.29 is 20.4 Å². The summed E-state index contributed by atoms with van der Waals surface area (Å²) in [7, 11) is 2.99. The van der Waals surface area contributed by atoms with Gasteiger partial charge < -0.3 is 0 Å². The Morgan fingerprint density at radius 2 is 1.06 bits per heavy atom. The quantitative estimate of drug-likeness (QED) is 0.477. The monoisotopic (exact) mass is 356 g/mol. The Balaban J connectivity index is 0.00000289. The van der Waals surface area contributed by atoms with E-state index in [1.807, 2.05) is 0 Å². The zero-order valence-corrected chi connectivity index (χ0v) is 15.7. The maximum absolute atomic E-state index is 2.99. The molecular weight excluding hydrogens is 330 g/mol. The number of hydrogen-bond acceptors (Lipinski definition) is 0. The zero-order chi connectivity index (χ0) is 13.6. The maximum atomic E-state index is 2.99. The van der Waals surface area contributed by atoms with E-state index in [9.17, 15) is 0 Å². The fourth-order valence-corrected chi connectivity index (χ4v) is 4.33. The Kier molecular flexibility index (Phi) is 5.85. The van der Waals surface area contributed by atoms with Gasteiger partial charge in [0.25, 0.3) is 0 Å². The molecule has 0 bridgehead atoms. The summed E-state index contributed by atoms with van der Waals surface area (Å²) < 4.78 is 0. The molecule has 1 aromatic carbocycles. The van der Waals surface area contributed by atoms with Crippen molar-refractivity contribution in [3.05, 3.63) is 28.3 Å². The summed E-state index contributed by atoms with van der Waals surface area (Å²) in [5, 5.41) is 1.41. The molecule has 1 atom stereocenters. The molecule has 0 aliphatic carbocycles. The van der Waals surface area contributed by atoms with Gasteiger partial charge in [-0.05, 0) is 52.2 Å². The molecule has 0 aliphatic heterocycles. The van der Waals surface area contributed by atoms with Crippen LogP contribution in [-0.2, 0) is 31.3 Å². The van der Waals surface area contributed by atoms with Crippen molar-refractivity contribution in [2.75, 3.05) is 0 Å². The Bertz CT molecular complexity index is 396. The zero-order valence-electron chi connectivity index (χ0n) is 13.0. The summed E-state index contributed by atoms with van der Waals surface area (Å²) in [5.41, 5.74) is 6.20. The molecule has 0 nitrogen and oxygen atoms in total. The molecule has 0 radical (unpaired) electrons. The van der Waals surface area contributed by atoms with Crippen molar-refractivity contribution in [2.24, 2.45) is 0 Å². The molecule has 0 N–H and O–H groups in total. The Labute approximate surface area is 129 Å². The van der Waals surface area contributed by atoms with Crippen molar-refractivity contribution in [1.29, 1.82) is 0 Å². The van der Waals surface area contributed by atoms with Gasteiger partial charge in [-0.15, -0.1) is 9.24 Å². The van der Waals surface area contributed by atoms with Crippen molar-refractivity contribution in [2.45, 2.75) is 66.2 Å². The predicted octanol–water partition coefficient (Wildman–Crippen LogP) is 4.40. The Morgan fingerprint density at radius 3 is 1.28 bits per heavy atom. The van der Waals surface area contributed by atoms with E-state index in [0.717, 1.165) is 0 Å². The van der Waals surface area contributed by atoms with Crippen LogP contribution in [0.5, 0.6) is 0 Å². The van der Waals surface area contributed by atoms with E-state index < -0.39 is 0 Å². The minimum Gasteiger partial charge on any atom is -0.105 e. The molecule has 1 unspecified atom stereocenters. The number of benzene rings is 1. The summed E-state index contributed by atoms with van der Waals surface area (Å²) in [6, 6.07) is 2.34. The van der Waals surface area contributed by atoms with Gasteiger partial charge in [0.2, 0.25) is 0 Å². The average Bonchev–Trinajstić information content (AvgIpc) is 1.94. The SMILES string of the molecule is Cc1cc(C)c(C(C)(C)C)c(P)c1C(C)(C)C.[Pd]. The van der Waals surface area contributed by atoms with Gasteiger partial charge >= 0.3 is 0 Å². The van der Waals surface area contributed by atoms with E-state index in [1.165, 1.54) is 27.6 Å². The van der Waals surface area contributed by atoms with Crippen molar-refractivity contribution in [3.63, 3.8) is 0 Å². The molecule has 0 fully saturated rings. The van der Waals surface area contributed by atoms with Gasteiger partial charge in [0.15, 0.2) is 0 Å². The van der Waals surface area contributed by atoms with Crippen LogP contribution in [0.25, 0.3) is 0 Å². The van der Waals surface area contributed by atoms with Crippen molar-refractivity contribution >= 4 is 14.5 Å². The molecule has 0 saturated heterocycles. The molecule has 18 heavy (non-hydrogen) atoms. The van der Waals surface area contributed by atoms with E-state index in [-0.39, 0.29) is 31.3 Å². The van der Waals surface area contributed by atoms with Gasteiger partial charge in [-0.3, -0.25) is 0 Å². The van der Waals surface area contributed by atoms with Crippen LogP contribution in [0, 0.1) is 13.8 Å². The van der Waals surface area contributed by atoms with Crippen LogP contribution in [-0.4, -0.2) is 0 Å². The standard InChI is InChI=1S/C16H27P.Pd/c1-10-9-11(2)13(16(6,7)8)14(17)12(10)15(3,4)5;/h9H,17H2,1-8H3;. The van der Waals surface area contributed by atoms with Gasteiger partial charge in [-0.1, -0.05) is 47.6 Å². The largest absolute Gasteiger partial charge is 0.105 e. The molecule has 0 aliphatic rings. The van der Waals surface area contributed by atoms with E-state index >= 15 is 0 Å². The van der Waals surface area contributed by atoms with Gasteiger partial charge in [0.1, 0.15) is 0 Å². The van der Waals surface area contributed by atoms with E-state index in [0.29, 0.717) is 0 Å². The molecule has 1 rings (SSSR count). The second kappa shape index (κ2) is 5.75. The molecule has 2 heteroatoms. The molecule has 0 heterocycles. The van der Waals surface area contributed by atoms with Crippen LogP contribution in [0.2, 0.25) is 0 Å². The average molecular weight is 357 g/mol. The van der Waals surface area contributed by atoms with Crippen LogP contribution in [0.3, 0.4) is 0 Å². The second-order valence-electron chi connectivity index (χ2n) is 7.17. The third-order valence-electron chi connectivity index (χ3n) is 3.26. The first kappa shape index (κ1) is 18.3. The van der Waals surface area contributed by atoms with Crippen LogP contribution in [0.1, 0.15) is 63.8 Å². The third-order valence-corrected chi connectivity index (χ3v) is 3.84. The van der Waals surface area contributed by atoms with Gasteiger partial charge in [-0.25, -0.2) is 0 Å². The Morgan fingerprint density at radius 1 is 0.778 bits per heavy atom. The number of hydrogen-bond donors (Lipinski definition) is 0. The van der Waals surface area contributed by atoms with E-state index in [2.05, 4.69) is 70.7 Å². The fourth-order valence-electron chi connectivity index (χ4n) is 3.01. The molecule has 0 amide bonds. The summed E-state index contributed by atoms with van der Waals surface area (Å²) in [5.74, 6) is 0. The van der Waals surface area contributed by atoms with Crippen LogP contribution in [0.15, 0.2) is 6.07 Å². The predicted molar refractivity (Wildman–Crippen MR) is 82.7 cm³/mol. The van der Waals surface area contributed by atoms with Gasteiger partial charge in [-0.2, -0.15) is 0 Å². The first-order valence-corrected chi connectivity index (χ1v) is 6.94. The molecule has 106 valence electrons. The van der Waals surface area contributed by atoms with Crippen molar-refractivity contribution in [1.82, 2.24) is 0 Å². The number of aryl methyl sites for hydroxylation is 2. The summed E-state index contributed by atoms with van der Waals surface area (Å²) in [6.45, 7) is 18.2. The van der Waals surface area contributed by atoms with Crippen molar-refractivity contribution in [3.8, 4) is 0 Å². The molecule has 0 aromatic heterocycles. The minimum absolute atomic E-state index is 0. The summed E-state index contributed by atoms with van der Waals surface area (Å²) >= 11 is 0. The fraction of sp³-hybridized carbons (Fsp3) is 0.625. The normalized spacial score (nSPS) is 12.3.